The zero-order valence-corrected chi connectivity index (χ0v) is 16.2. The molecule has 140 valence electrons. The molecule has 1 atom stereocenters. The van der Waals surface area contributed by atoms with Crippen LogP contribution in [0, 0.1) is 0 Å². The van der Waals surface area contributed by atoms with Gasteiger partial charge in [-0.3, -0.25) is 0 Å². The van der Waals surface area contributed by atoms with Gasteiger partial charge in [0.2, 0.25) is 5.95 Å². The molecule has 1 heterocycles. The van der Waals surface area contributed by atoms with E-state index < -0.39 is 0 Å². The molecule has 2 rings (SSSR count). The fourth-order valence-electron chi connectivity index (χ4n) is 1.97. The van der Waals surface area contributed by atoms with Gasteiger partial charge in [0.05, 0.1) is 11.1 Å². The van der Waals surface area contributed by atoms with E-state index in [-0.39, 0.29) is 18.8 Å². The lowest BCUT2D eigenvalue weighted by atomic mass is 10.2. The van der Waals surface area contributed by atoms with Gasteiger partial charge in [-0.25, -0.2) is 4.98 Å². The molecule has 1 aromatic heterocycles. The van der Waals surface area contributed by atoms with Crippen molar-refractivity contribution < 1.29 is 14.7 Å². The molecule has 0 aliphatic rings. The van der Waals surface area contributed by atoms with Crippen LogP contribution in [0.1, 0.15) is 19.4 Å². The lowest BCUT2D eigenvalue weighted by molar-refractivity contribution is -0.191. The van der Waals surface area contributed by atoms with E-state index in [2.05, 4.69) is 60.9 Å². The molecular formula is C17H22BrN5O3. The van der Waals surface area contributed by atoms with Crippen molar-refractivity contribution in [2.24, 2.45) is 0 Å². The first-order valence-corrected chi connectivity index (χ1v) is 8.79. The molecule has 2 aromatic rings. The average Bonchev–Trinajstić information content (AvgIpc) is 2.63. The lowest BCUT2D eigenvalue weighted by Gasteiger charge is -2.14. The third kappa shape index (κ3) is 7.71. The van der Waals surface area contributed by atoms with Crippen LogP contribution in [0.15, 0.2) is 34.9 Å². The van der Waals surface area contributed by atoms with Gasteiger partial charge in [0.15, 0.2) is 0 Å². The van der Waals surface area contributed by atoms with Crippen LogP contribution in [0.5, 0.6) is 0 Å². The monoisotopic (exact) mass is 423 g/mol. The molecule has 8 nitrogen and oxygen atoms in total. The van der Waals surface area contributed by atoms with Gasteiger partial charge in [-0.05, 0) is 47.1 Å². The number of aliphatic hydroxyl groups excluding tert-OH is 1. The molecule has 0 radical (unpaired) electrons. The Hall–Kier alpha value is -2.32. The number of rotatable bonds is 8. The quantitative estimate of drug-likeness (QED) is 0.510. The lowest BCUT2D eigenvalue weighted by Crippen LogP contribution is -2.20. The number of aliphatic hydroxyl groups is 1. The Bertz CT molecular complexity index is 723. The Balaban J connectivity index is 0.00000105. The van der Waals surface area contributed by atoms with Crippen molar-refractivity contribution in [3.8, 4) is 0 Å². The molecule has 0 saturated heterocycles. The highest BCUT2D eigenvalue weighted by Crippen LogP contribution is 2.22. The number of carbonyl (C=O) groups excluding carboxylic acids is 2. The van der Waals surface area contributed by atoms with Crippen LogP contribution in [-0.2, 0) is 16.1 Å². The zero-order valence-electron chi connectivity index (χ0n) is 14.6. The van der Waals surface area contributed by atoms with Gasteiger partial charge in [-0.2, -0.15) is 14.6 Å². The van der Waals surface area contributed by atoms with Gasteiger partial charge >= 0.3 is 6.15 Å². The molecule has 26 heavy (non-hydrogen) atoms. The first-order valence-electron chi connectivity index (χ1n) is 7.99. The molecule has 0 spiro atoms. The first kappa shape index (κ1) is 21.7. The number of benzene rings is 1. The summed E-state index contributed by atoms with van der Waals surface area (Å²) < 4.78 is 0.754. The maximum Gasteiger partial charge on any atom is 0.373 e. The van der Waals surface area contributed by atoms with E-state index in [1.54, 1.807) is 6.20 Å². The summed E-state index contributed by atoms with van der Waals surface area (Å²) in [5, 5.41) is 18.8. The summed E-state index contributed by atoms with van der Waals surface area (Å²) in [4.78, 5) is 25.0. The predicted octanol–water partition coefficient (Wildman–Crippen LogP) is 2.30. The second-order valence-corrected chi connectivity index (χ2v) is 6.16. The summed E-state index contributed by atoms with van der Waals surface area (Å²) in [6, 6.07) is 8.03. The third-order valence-electron chi connectivity index (χ3n) is 3.16. The number of hydrogen-bond acceptors (Lipinski definition) is 8. The number of hydrogen-bond donors (Lipinski definition) is 4. The highest BCUT2D eigenvalue weighted by molar-refractivity contribution is 9.10. The molecule has 0 aliphatic heterocycles. The van der Waals surface area contributed by atoms with Crippen molar-refractivity contribution in [1.82, 2.24) is 15.3 Å². The van der Waals surface area contributed by atoms with Gasteiger partial charge in [-0.1, -0.05) is 19.1 Å². The Morgan fingerprint density at radius 3 is 2.73 bits per heavy atom. The summed E-state index contributed by atoms with van der Waals surface area (Å²) in [7, 11) is 0. The van der Waals surface area contributed by atoms with Crippen LogP contribution >= 0.6 is 15.9 Å². The number of nitrogens with one attached hydrogen (secondary N) is 3. The highest BCUT2D eigenvalue weighted by Gasteiger charge is 2.08. The van der Waals surface area contributed by atoms with Crippen molar-refractivity contribution in [3.63, 3.8) is 0 Å². The highest BCUT2D eigenvalue weighted by atomic mass is 79.9. The normalized spacial score (nSPS) is 10.9. The minimum atomic E-state index is -0.0857. The molecule has 4 N–H and O–H groups in total. The molecule has 0 aliphatic carbocycles. The summed E-state index contributed by atoms with van der Waals surface area (Å²) in [6.07, 6.45) is 1.93. The molecular weight excluding hydrogens is 402 g/mol. The second kappa shape index (κ2) is 12.1. The average molecular weight is 424 g/mol. The molecule has 0 fully saturated rings. The topological polar surface area (TPSA) is 116 Å². The summed E-state index contributed by atoms with van der Waals surface area (Å²) in [5.74, 6) is 1.15. The fraction of sp³-hybridized carbons (Fsp3) is 0.353. The van der Waals surface area contributed by atoms with Crippen LogP contribution in [0.25, 0.3) is 0 Å². The van der Waals surface area contributed by atoms with Crippen molar-refractivity contribution in [3.05, 3.63) is 40.5 Å². The summed E-state index contributed by atoms with van der Waals surface area (Å²) in [5.41, 5.74) is 2.13. The van der Waals surface area contributed by atoms with Crippen LogP contribution in [0.3, 0.4) is 0 Å². The van der Waals surface area contributed by atoms with Crippen LogP contribution in [0.4, 0.5) is 17.5 Å². The minimum Gasteiger partial charge on any atom is -0.394 e. The van der Waals surface area contributed by atoms with Crippen LogP contribution in [0.2, 0.25) is 0 Å². The van der Waals surface area contributed by atoms with Gasteiger partial charge in [0, 0.05) is 24.5 Å². The Morgan fingerprint density at radius 2 is 2.08 bits per heavy atom. The fourth-order valence-corrected chi connectivity index (χ4v) is 2.27. The summed E-state index contributed by atoms with van der Waals surface area (Å²) >= 11 is 3.41. The van der Waals surface area contributed by atoms with E-state index in [9.17, 15) is 0 Å². The Kier molecular flexibility index (Phi) is 10.1. The minimum absolute atomic E-state index is 0.0334. The zero-order chi connectivity index (χ0) is 19.4. The Labute approximate surface area is 160 Å². The van der Waals surface area contributed by atoms with Gasteiger partial charge in [0.1, 0.15) is 5.82 Å². The summed E-state index contributed by atoms with van der Waals surface area (Å²) in [6.45, 7) is 5.76. The molecule has 9 heteroatoms. The van der Waals surface area contributed by atoms with E-state index >= 15 is 0 Å². The van der Waals surface area contributed by atoms with Crippen LogP contribution < -0.4 is 16.0 Å². The molecule has 0 amide bonds. The Morgan fingerprint density at radius 1 is 1.35 bits per heavy atom. The van der Waals surface area contributed by atoms with E-state index in [1.165, 1.54) is 5.56 Å². The number of anilines is 3. The number of nitrogens with zero attached hydrogens (tertiary/aromatic N) is 2. The molecule has 1 unspecified atom stereocenters. The standard InChI is InChI=1S/C16H22BrN5O.CO2/c1-3-18-8-12-5-4-6-13(7-12)21-16-19-9-14(17)15(22-16)20-11(2)10-23;2-1-3/h4-7,9,11,18,23H,3,8,10H2,1-2H3,(H2,19,20,21,22);. The smallest absolute Gasteiger partial charge is 0.373 e. The SMILES string of the molecule is CCNCc1cccc(Nc2ncc(Br)c(NC(C)CO)n2)c1.O=C=O. The van der Waals surface area contributed by atoms with Crippen LogP contribution in [-0.4, -0.2) is 40.4 Å². The maximum atomic E-state index is 9.15. The maximum absolute atomic E-state index is 9.15. The second-order valence-electron chi connectivity index (χ2n) is 5.31. The van der Waals surface area contributed by atoms with Crippen molar-refractivity contribution in [1.29, 1.82) is 0 Å². The number of halogens is 1. The largest absolute Gasteiger partial charge is 0.394 e. The molecule has 1 aromatic carbocycles. The van der Waals surface area contributed by atoms with Gasteiger partial charge in [-0.15, -0.1) is 0 Å². The predicted molar refractivity (Wildman–Crippen MR) is 102 cm³/mol. The van der Waals surface area contributed by atoms with Crippen molar-refractivity contribution in [2.45, 2.75) is 26.4 Å². The van der Waals surface area contributed by atoms with Gasteiger partial charge < -0.3 is 21.1 Å². The third-order valence-corrected chi connectivity index (χ3v) is 3.74. The first-order chi connectivity index (χ1) is 12.5. The van der Waals surface area contributed by atoms with E-state index in [0.717, 1.165) is 23.2 Å². The van der Waals surface area contributed by atoms with Gasteiger partial charge in [0.25, 0.3) is 0 Å². The molecule has 0 bridgehead atoms. The van der Waals surface area contributed by atoms with Crippen molar-refractivity contribution >= 4 is 39.5 Å². The van der Waals surface area contributed by atoms with E-state index in [1.807, 2.05) is 19.1 Å². The molecule has 0 saturated carbocycles. The van der Waals surface area contributed by atoms with Crippen molar-refractivity contribution in [2.75, 3.05) is 23.8 Å². The van der Waals surface area contributed by atoms with E-state index in [0.29, 0.717) is 11.8 Å². The number of aromatic nitrogens is 2. The van der Waals surface area contributed by atoms with E-state index in [4.69, 9.17) is 14.7 Å².